The minimum Gasteiger partial charge on any atom is -0.479 e. The van der Waals surface area contributed by atoms with Gasteiger partial charge in [0.2, 0.25) is 23.6 Å². The lowest BCUT2D eigenvalue weighted by molar-refractivity contribution is -0.150. The molecule has 204 valence electrons. The Kier molecular flexibility index (Phi) is 11.5. The van der Waals surface area contributed by atoms with Crippen molar-refractivity contribution in [3.8, 4) is 0 Å². The Morgan fingerprint density at radius 2 is 1.47 bits per heavy atom. The summed E-state index contributed by atoms with van der Waals surface area (Å²) in [5.74, 6) is -5.18. The van der Waals surface area contributed by atoms with Crippen molar-refractivity contribution >= 4 is 41.4 Å². The van der Waals surface area contributed by atoms with Crippen molar-refractivity contribution in [3.05, 3.63) is 48.0 Å². The Bertz CT molecular complexity index is 1070. The summed E-state index contributed by atoms with van der Waals surface area (Å²) in [5, 5.41) is 18.9. The molecule has 2 atom stereocenters. The molecule has 38 heavy (non-hydrogen) atoms. The number of nitrogens with one attached hydrogen (secondary N) is 5. The number of carbonyl (C=O) groups excluding carboxylic acids is 6. The molecular formula is C23H28N6O9. The van der Waals surface area contributed by atoms with E-state index in [1.54, 1.807) is 30.3 Å². The number of carboxylic acids is 1. The van der Waals surface area contributed by atoms with Crippen LogP contribution >= 0.6 is 0 Å². The number of hydrogen-bond acceptors (Lipinski definition) is 9. The maximum atomic E-state index is 12.7. The monoisotopic (exact) mass is 532 g/mol. The van der Waals surface area contributed by atoms with E-state index >= 15 is 0 Å². The zero-order valence-electron chi connectivity index (χ0n) is 20.4. The van der Waals surface area contributed by atoms with Gasteiger partial charge in [-0.15, -0.1) is 0 Å². The number of rotatable bonds is 15. The first-order chi connectivity index (χ1) is 18.1. The lowest BCUT2D eigenvalue weighted by Gasteiger charge is -2.19. The van der Waals surface area contributed by atoms with Crippen LogP contribution in [0.2, 0.25) is 0 Å². The van der Waals surface area contributed by atoms with Gasteiger partial charge in [-0.2, -0.15) is 0 Å². The van der Waals surface area contributed by atoms with Crippen LogP contribution in [0.15, 0.2) is 42.5 Å². The van der Waals surface area contributed by atoms with E-state index in [1.807, 2.05) is 0 Å². The van der Waals surface area contributed by atoms with Gasteiger partial charge in [0.1, 0.15) is 12.8 Å². The molecule has 6 N–H and O–H groups in total. The van der Waals surface area contributed by atoms with Crippen LogP contribution in [0.4, 0.5) is 0 Å². The summed E-state index contributed by atoms with van der Waals surface area (Å²) in [4.78, 5) is 82.7. The molecule has 0 aliphatic carbocycles. The zero-order chi connectivity index (χ0) is 28.1. The number of nitrogens with zero attached hydrogens (tertiary/aromatic N) is 1. The van der Waals surface area contributed by atoms with Gasteiger partial charge >= 0.3 is 5.97 Å². The normalized spacial score (nSPS) is 14.0. The standard InChI is InChI=1S/C23H28N6O9/c1-14(23(36)37)38-13-26-17(30)10-25-22(35)16(9-15-5-3-2-4-6-15)28-19(32)11-24-18(31)12-27-29-20(33)7-8-21(29)34/h2-8,14,16,27H,9-13H2,1H3,(H,24,31)(H,25,35)(H,26,30)(H,28,32)(H,36,37)/t14-,16+/m1/s1. The first kappa shape index (κ1) is 29.6. The summed E-state index contributed by atoms with van der Waals surface area (Å²) < 4.78 is 4.88. The number of imide groups is 1. The Labute approximate surface area is 216 Å². The number of carboxylic acid groups (broad SMARTS) is 1. The first-order valence-corrected chi connectivity index (χ1v) is 11.3. The molecule has 0 unspecified atom stereocenters. The van der Waals surface area contributed by atoms with Gasteiger partial charge in [0.15, 0.2) is 6.10 Å². The van der Waals surface area contributed by atoms with Gasteiger partial charge in [0.25, 0.3) is 11.8 Å². The van der Waals surface area contributed by atoms with Crippen molar-refractivity contribution in [2.75, 3.05) is 26.4 Å². The lowest BCUT2D eigenvalue weighted by atomic mass is 10.1. The van der Waals surface area contributed by atoms with Gasteiger partial charge < -0.3 is 31.1 Å². The SMILES string of the molecule is C[C@@H](OCNC(=O)CNC(=O)[C@H](Cc1ccccc1)NC(=O)CNC(=O)CNN1C(=O)C=CC1=O)C(=O)O. The molecule has 15 nitrogen and oxygen atoms in total. The fraction of sp³-hybridized carbons (Fsp3) is 0.348. The number of ether oxygens (including phenoxy) is 1. The van der Waals surface area contributed by atoms with Gasteiger partial charge in [-0.3, -0.25) is 28.8 Å². The minimum absolute atomic E-state index is 0.0843. The van der Waals surface area contributed by atoms with Crippen LogP contribution in [0.25, 0.3) is 0 Å². The number of aliphatic carboxylic acids is 1. The second-order valence-corrected chi connectivity index (χ2v) is 7.88. The van der Waals surface area contributed by atoms with Crippen molar-refractivity contribution < 1.29 is 43.4 Å². The summed E-state index contributed by atoms with van der Waals surface area (Å²) >= 11 is 0. The summed E-state index contributed by atoms with van der Waals surface area (Å²) in [6.07, 6.45) is 1.03. The van der Waals surface area contributed by atoms with Crippen LogP contribution in [0.5, 0.6) is 0 Å². The lowest BCUT2D eigenvalue weighted by Crippen LogP contribution is -2.53. The Morgan fingerprint density at radius 3 is 2.11 bits per heavy atom. The molecular weight excluding hydrogens is 504 g/mol. The van der Waals surface area contributed by atoms with E-state index < -0.39 is 73.2 Å². The van der Waals surface area contributed by atoms with E-state index in [9.17, 15) is 33.6 Å². The smallest absolute Gasteiger partial charge is 0.332 e. The van der Waals surface area contributed by atoms with Gasteiger partial charge in [0, 0.05) is 18.6 Å². The van der Waals surface area contributed by atoms with E-state index in [0.29, 0.717) is 5.01 Å². The number of carbonyl (C=O) groups is 7. The van der Waals surface area contributed by atoms with Gasteiger partial charge in [0.05, 0.1) is 19.6 Å². The van der Waals surface area contributed by atoms with Crippen LogP contribution in [0.3, 0.4) is 0 Å². The summed E-state index contributed by atoms with van der Waals surface area (Å²) in [6.45, 7) is -0.504. The van der Waals surface area contributed by atoms with E-state index in [-0.39, 0.29) is 13.2 Å². The van der Waals surface area contributed by atoms with Crippen LogP contribution in [0.1, 0.15) is 12.5 Å². The molecule has 1 aliphatic heterocycles. The van der Waals surface area contributed by atoms with Crippen LogP contribution in [0, 0.1) is 0 Å². The molecule has 1 aliphatic rings. The molecule has 0 bridgehead atoms. The minimum atomic E-state index is -1.20. The summed E-state index contributed by atoms with van der Waals surface area (Å²) in [7, 11) is 0. The van der Waals surface area contributed by atoms with Crippen LogP contribution in [-0.2, 0) is 44.7 Å². The Hall–Kier alpha value is -4.63. The quantitative estimate of drug-likeness (QED) is 0.0991. The maximum absolute atomic E-state index is 12.7. The van der Waals surface area contributed by atoms with E-state index in [0.717, 1.165) is 17.7 Å². The molecule has 2 rings (SSSR count). The highest BCUT2D eigenvalue weighted by Gasteiger charge is 2.25. The van der Waals surface area contributed by atoms with E-state index in [2.05, 4.69) is 26.7 Å². The molecule has 1 aromatic carbocycles. The fourth-order valence-electron chi connectivity index (χ4n) is 2.92. The molecule has 1 heterocycles. The van der Waals surface area contributed by atoms with Crippen LogP contribution < -0.4 is 26.7 Å². The third-order valence-electron chi connectivity index (χ3n) is 4.96. The highest BCUT2D eigenvalue weighted by molar-refractivity contribution is 6.12. The Balaban J connectivity index is 1.83. The van der Waals surface area contributed by atoms with Crippen LogP contribution in [-0.4, -0.2) is 90.0 Å². The topological polar surface area (TPSA) is 212 Å². The number of hydrogen-bond donors (Lipinski definition) is 6. The average molecular weight is 533 g/mol. The van der Waals surface area contributed by atoms with E-state index in [1.165, 1.54) is 6.92 Å². The second-order valence-electron chi connectivity index (χ2n) is 7.88. The predicted octanol–water partition coefficient (Wildman–Crippen LogP) is -3.06. The van der Waals surface area contributed by atoms with Crippen molar-refractivity contribution in [1.82, 2.24) is 31.7 Å². The Morgan fingerprint density at radius 1 is 0.868 bits per heavy atom. The van der Waals surface area contributed by atoms with Gasteiger partial charge in [-0.25, -0.2) is 15.2 Å². The number of benzene rings is 1. The molecule has 0 saturated carbocycles. The summed E-state index contributed by atoms with van der Waals surface area (Å²) in [5.41, 5.74) is 3.06. The van der Waals surface area contributed by atoms with Crippen molar-refractivity contribution in [2.45, 2.75) is 25.5 Å². The largest absolute Gasteiger partial charge is 0.479 e. The second kappa shape index (κ2) is 14.8. The van der Waals surface area contributed by atoms with Gasteiger partial charge in [-0.05, 0) is 12.5 Å². The first-order valence-electron chi connectivity index (χ1n) is 11.3. The molecule has 0 fully saturated rings. The maximum Gasteiger partial charge on any atom is 0.332 e. The van der Waals surface area contributed by atoms with Gasteiger partial charge in [-0.1, -0.05) is 30.3 Å². The third kappa shape index (κ3) is 10.2. The van der Waals surface area contributed by atoms with Crippen molar-refractivity contribution in [2.24, 2.45) is 0 Å². The summed E-state index contributed by atoms with van der Waals surface area (Å²) in [6, 6.07) is 7.65. The molecule has 0 saturated heterocycles. The fourth-order valence-corrected chi connectivity index (χ4v) is 2.92. The number of hydrazine groups is 1. The molecule has 0 spiro atoms. The number of amides is 6. The molecule has 0 aromatic heterocycles. The average Bonchev–Trinajstić information content (AvgIpc) is 3.21. The molecule has 1 aromatic rings. The zero-order valence-corrected chi connectivity index (χ0v) is 20.4. The predicted molar refractivity (Wildman–Crippen MR) is 128 cm³/mol. The van der Waals surface area contributed by atoms with Crippen molar-refractivity contribution in [3.63, 3.8) is 0 Å². The highest BCUT2D eigenvalue weighted by Crippen LogP contribution is 2.04. The molecule has 0 radical (unpaired) electrons. The molecule has 15 heteroatoms. The highest BCUT2D eigenvalue weighted by atomic mass is 16.5. The molecule has 6 amide bonds. The van der Waals surface area contributed by atoms with E-state index in [4.69, 9.17) is 9.84 Å². The third-order valence-corrected chi connectivity index (χ3v) is 4.96. The van der Waals surface area contributed by atoms with Crippen molar-refractivity contribution in [1.29, 1.82) is 0 Å².